The van der Waals surface area contributed by atoms with E-state index >= 15 is 0 Å². The van der Waals surface area contributed by atoms with Crippen molar-refractivity contribution in [2.45, 2.75) is 59.9 Å². The average Bonchev–Trinajstić information content (AvgIpc) is 2.67. The van der Waals surface area contributed by atoms with Crippen LogP contribution in [-0.2, 0) is 5.41 Å². The smallest absolute Gasteiger partial charge is 0.337 e. The summed E-state index contributed by atoms with van der Waals surface area (Å²) in [5.41, 5.74) is 3.09. The van der Waals surface area contributed by atoms with E-state index in [1.54, 1.807) is 6.07 Å². The summed E-state index contributed by atoms with van der Waals surface area (Å²) in [6.45, 7) is 13.5. The van der Waals surface area contributed by atoms with Gasteiger partial charge < -0.3 is 9.67 Å². The van der Waals surface area contributed by atoms with Crippen molar-refractivity contribution in [3.8, 4) is 0 Å². The van der Waals surface area contributed by atoms with Crippen molar-refractivity contribution < 1.29 is 14.7 Å². The zero-order valence-electron chi connectivity index (χ0n) is 14.9. The Morgan fingerprint density at radius 1 is 1.17 bits per heavy atom. The van der Waals surface area contributed by atoms with Gasteiger partial charge in [0.2, 0.25) is 0 Å². The number of aromatic carboxylic acids is 1. The minimum absolute atomic E-state index is 0.0331. The lowest BCUT2D eigenvalue weighted by molar-refractivity contribution is 0.0698. The Bertz CT molecular complexity index is 804. The Morgan fingerprint density at radius 2 is 1.74 bits per heavy atom. The van der Waals surface area contributed by atoms with Crippen molar-refractivity contribution in [2.24, 2.45) is 0 Å². The van der Waals surface area contributed by atoms with Crippen molar-refractivity contribution in [3.05, 3.63) is 34.5 Å². The number of rotatable bonds is 3. The first-order valence-electron chi connectivity index (χ1n) is 7.90. The molecule has 2 aromatic rings. The molecule has 2 rings (SSSR count). The fourth-order valence-electron chi connectivity index (χ4n) is 3.25. The number of carboxylic acids is 1. The number of carbonyl (C=O) groups excluding carboxylic acids is 1. The minimum Gasteiger partial charge on any atom is -0.478 e. The van der Waals surface area contributed by atoms with Gasteiger partial charge in [0.1, 0.15) is 0 Å². The maximum absolute atomic E-state index is 12.2. The lowest BCUT2D eigenvalue weighted by atomic mass is 9.84. The molecule has 0 spiro atoms. The molecule has 1 N–H and O–H groups in total. The van der Waals surface area contributed by atoms with E-state index in [0.29, 0.717) is 11.1 Å². The van der Waals surface area contributed by atoms with Crippen molar-refractivity contribution in [2.75, 3.05) is 0 Å². The second-order valence-corrected chi connectivity index (χ2v) is 7.46. The fraction of sp³-hybridized carbons (Fsp3) is 0.474. The number of nitrogens with zero attached hydrogens (tertiary/aromatic N) is 1. The molecule has 0 aliphatic rings. The van der Waals surface area contributed by atoms with Crippen LogP contribution in [0.15, 0.2) is 12.1 Å². The highest BCUT2D eigenvalue weighted by Gasteiger charge is 2.26. The Morgan fingerprint density at radius 3 is 2.13 bits per heavy atom. The van der Waals surface area contributed by atoms with Crippen molar-refractivity contribution in [1.29, 1.82) is 0 Å². The van der Waals surface area contributed by atoms with Gasteiger partial charge in [-0.25, -0.2) is 4.79 Å². The van der Waals surface area contributed by atoms with Crippen LogP contribution in [0.3, 0.4) is 0 Å². The number of carboxylic acid groups (broad SMARTS) is 1. The highest BCUT2D eigenvalue weighted by Crippen LogP contribution is 2.36. The summed E-state index contributed by atoms with van der Waals surface area (Å²) >= 11 is 0. The molecule has 4 nitrogen and oxygen atoms in total. The van der Waals surface area contributed by atoms with Crippen LogP contribution < -0.4 is 0 Å². The van der Waals surface area contributed by atoms with Gasteiger partial charge in [0.15, 0.2) is 5.78 Å². The predicted octanol–water partition coefficient (Wildman–Crippen LogP) is 4.73. The SMILES string of the molecule is CC(=O)c1c(C)n(C(C)C)c2c(C(=O)O)cc(C(C)(C)C)cc12. The van der Waals surface area contributed by atoms with E-state index in [0.717, 1.165) is 16.6 Å². The molecule has 1 aromatic heterocycles. The Hall–Kier alpha value is -2.10. The van der Waals surface area contributed by atoms with Crippen LogP contribution in [0.25, 0.3) is 10.9 Å². The Kier molecular flexibility index (Phi) is 4.14. The highest BCUT2D eigenvalue weighted by atomic mass is 16.4. The monoisotopic (exact) mass is 315 g/mol. The third-order valence-electron chi connectivity index (χ3n) is 4.31. The number of benzene rings is 1. The van der Waals surface area contributed by atoms with E-state index in [9.17, 15) is 14.7 Å². The van der Waals surface area contributed by atoms with Gasteiger partial charge in [-0.3, -0.25) is 4.79 Å². The number of fused-ring (bicyclic) bond motifs is 1. The van der Waals surface area contributed by atoms with Crippen LogP contribution in [0.5, 0.6) is 0 Å². The third-order valence-corrected chi connectivity index (χ3v) is 4.31. The standard InChI is InChI=1S/C19H25NO3/c1-10(2)20-11(3)16(12(4)21)14-8-13(19(5,6)7)9-15(17(14)20)18(22)23/h8-10H,1-7H3,(H,22,23). The predicted molar refractivity (Wildman–Crippen MR) is 92.7 cm³/mol. The van der Waals surface area contributed by atoms with Crippen molar-refractivity contribution in [3.63, 3.8) is 0 Å². The molecule has 0 radical (unpaired) electrons. The molecular formula is C19H25NO3. The summed E-state index contributed by atoms with van der Waals surface area (Å²) in [6.07, 6.45) is 0. The summed E-state index contributed by atoms with van der Waals surface area (Å²) in [5, 5.41) is 10.5. The largest absolute Gasteiger partial charge is 0.478 e. The third kappa shape index (κ3) is 2.78. The zero-order valence-corrected chi connectivity index (χ0v) is 14.9. The molecule has 0 aliphatic heterocycles. The second kappa shape index (κ2) is 5.52. The highest BCUT2D eigenvalue weighted by molar-refractivity contribution is 6.13. The van der Waals surface area contributed by atoms with Gasteiger partial charge in [-0.2, -0.15) is 0 Å². The molecule has 0 unspecified atom stereocenters. The van der Waals surface area contributed by atoms with Crippen molar-refractivity contribution >= 4 is 22.7 Å². The minimum atomic E-state index is -0.962. The average molecular weight is 315 g/mol. The van der Waals surface area contributed by atoms with Crippen LogP contribution in [0.4, 0.5) is 0 Å². The molecule has 0 aliphatic carbocycles. The van der Waals surface area contributed by atoms with Crippen LogP contribution in [-0.4, -0.2) is 21.4 Å². The topological polar surface area (TPSA) is 59.3 Å². The molecule has 1 aromatic carbocycles. The maximum Gasteiger partial charge on any atom is 0.337 e. The first-order chi connectivity index (χ1) is 10.5. The van der Waals surface area contributed by atoms with Gasteiger partial charge in [-0.15, -0.1) is 0 Å². The van der Waals surface area contributed by atoms with Gasteiger partial charge in [0, 0.05) is 22.7 Å². The van der Waals surface area contributed by atoms with Crippen LogP contribution in [0.2, 0.25) is 0 Å². The number of carbonyl (C=O) groups is 2. The normalized spacial score (nSPS) is 12.2. The number of hydrogen-bond acceptors (Lipinski definition) is 2. The molecule has 0 atom stereocenters. The fourth-order valence-corrected chi connectivity index (χ4v) is 3.25. The summed E-state index contributed by atoms with van der Waals surface area (Å²) in [7, 11) is 0. The lowest BCUT2D eigenvalue weighted by Gasteiger charge is -2.21. The summed E-state index contributed by atoms with van der Waals surface area (Å²) < 4.78 is 1.96. The zero-order chi connectivity index (χ0) is 17.7. The number of aromatic nitrogens is 1. The van der Waals surface area contributed by atoms with Crippen LogP contribution in [0.1, 0.15) is 79.6 Å². The van der Waals surface area contributed by atoms with Gasteiger partial charge >= 0.3 is 5.97 Å². The molecule has 0 fully saturated rings. The summed E-state index contributed by atoms with van der Waals surface area (Å²) in [4.78, 5) is 24.1. The summed E-state index contributed by atoms with van der Waals surface area (Å²) in [6, 6.07) is 3.79. The van der Waals surface area contributed by atoms with E-state index < -0.39 is 5.97 Å². The molecule has 23 heavy (non-hydrogen) atoms. The molecule has 0 amide bonds. The van der Waals surface area contributed by atoms with Gasteiger partial charge in [-0.05, 0) is 50.8 Å². The van der Waals surface area contributed by atoms with Crippen molar-refractivity contribution in [1.82, 2.24) is 4.57 Å². The van der Waals surface area contributed by atoms with Gasteiger partial charge in [0.05, 0.1) is 11.1 Å². The van der Waals surface area contributed by atoms with E-state index in [1.165, 1.54) is 6.92 Å². The van der Waals surface area contributed by atoms with Crippen LogP contribution in [0, 0.1) is 6.92 Å². The second-order valence-electron chi connectivity index (χ2n) is 7.46. The number of Topliss-reactive ketones (excluding diaryl/α,β-unsaturated/α-hetero) is 1. The van der Waals surface area contributed by atoms with Crippen LogP contribution >= 0.6 is 0 Å². The first-order valence-corrected chi connectivity index (χ1v) is 7.90. The number of ketones is 1. The summed E-state index contributed by atoms with van der Waals surface area (Å²) in [5.74, 6) is -0.995. The Balaban J connectivity index is 3.10. The maximum atomic E-state index is 12.2. The molecule has 0 saturated carbocycles. The van der Waals surface area contributed by atoms with E-state index in [-0.39, 0.29) is 22.8 Å². The number of hydrogen-bond donors (Lipinski definition) is 1. The Labute approximate surface area is 137 Å². The van der Waals surface area contributed by atoms with E-state index in [1.807, 2.05) is 52.2 Å². The lowest BCUT2D eigenvalue weighted by Crippen LogP contribution is -2.14. The molecular weight excluding hydrogens is 290 g/mol. The molecule has 4 heteroatoms. The quantitative estimate of drug-likeness (QED) is 0.833. The molecule has 0 bridgehead atoms. The van der Waals surface area contributed by atoms with Gasteiger partial charge in [-0.1, -0.05) is 20.8 Å². The molecule has 124 valence electrons. The van der Waals surface area contributed by atoms with E-state index in [4.69, 9.17) is 0 Å². The van der Waals surface area contributed by atoms with E-state index in [2.05, 4.69) is 0 Å². The first kappa shape index (κ1) is 17.3. The van der Waals surface area contributed by atoms with Gasteiger partial charge in [0.25, 0.3) is 0 Å². The molecule has 0 saturated heterocycles. The molecule has 1 heterocycles.